The third-order valence-electron chi connectivity index (χ3n) is 2.11. The van der Waals surface area contributed by atoms with Gasteiger partial charge in [-0.05, 0) is 24.8 Å². The molecular weight excluding hydrogens is 140 g/mol. The number of aliphatic hydroxyl groups is 1. The molecule has 0 aromatic carbocycles. The predicted molar refractivity (Wildman–Crippen MR) is 40.9 cm³/mol. The lowest BCUT2D eigenvalue weighted by Gasteiger charge is -2.03. The number of hydrogen-bond donors (Lipinski definition) is 1. The summed E-state index contributed by atoms with van der Waals surface area (Å²) in [6, 6.07) is 1.88. The number of aliphatic hydroxyl groups excluding tert-OH is 1. The Morgan fingerprint density at radius 3 is 2.91 bits per heavy atom. The van der Waals surface area contributed by atoms with Crippen LogP contribution in [0.3, 0.4) is 0 Å². The molecule has 0 aliphatic heterocycles. The summed E-state index contributed by atoms with van der Waals surface area (Å²) in [7, 11) is 1.86. The molecule has 3 nitrogen and oxygen atoms in total. The van der Waals surface area contributed by atoms with Gasteiger partial charge >= 0.3 is 0 Å². The number of aromatic nitrogens is 2. The number of aryl methyl sites for hydroxylation is 1. The highest BCUT2D eigenvalue weighted by Gasteiger charge is 2.31. The quantitative estimate of drug-likeness (QED) is 0.682. The van der Waals surface area contributed by atoms with E-state index < -0.39 is 0 Å². The van der Waals surface area contributed by atoms with Gasteiger partial charge in [-0.15, -0.1) is 0 Å². The summed E-state index contributed by atoms with van der Waals surface area (Å²) in [5.74, 6) is 0.477. The molecule has 1 atom stereocenters. The van der Waals surface area contributed by atoms with Crippen molar-refractivity contribution in [3.05, 3.63) is 18.0 Å². The van der Waals surface area contributed by atoms with E-state index in [2.05, 4.69) is 5.10 Å². The molecular formula is C8H12N2O. The van der Waals surface area contributed by atoms with Gasteiger partial charge in [-0.25, -0.2) is 0 Å². The SMILES string of the molecule is Cn1ccc(C(O)C2CC2)n1. The highest BCUT2D eigenvalue weighted by Crippen LogP contribution is 2.40. The second-order valence-electron chi connectivity index (χ2n) is 3.20. The highest BCUT2D eigenvalue weighted by atomic mass is 16.3. The first-order valence-corrected chi connectivity index (χ1v) is 3.95. The van der Waals surface area contributed by atoms with Crippen molar-refractivity contribution in [3.63, 3.8) is 0 Å². The second kappa shape index (κ2) is 2.34. The van der Waals surface area contributed by atoms with E-state index in [9.17, 15) is 5.11 Å². The van der Waals surface area contributed by atoms with Gasteiger partial charge in [0.2, 0.25) is 0 Å². The van der Waals surface area contributed by atoms with Crippen molar-refractivity contribution in [1.29, 1.82) is 0 Å². The Morgan fingerprint density at radius 2 is 2.45 bits per heavy atom. The van der Waals surface area contributed by atoms with Crippen molar-refractivity contribution >= 4 is 0 Å². The van der Waals surface area contributed by atoms with E-state index in [0.717, 1.165) is 18.5 Å². The number of nitrogens with zero attached hydrogens (tertiary/aromatic N) is 2. The van der Waals surface area contributed by atoms with Gasteiger partial charge in [-0.3, -0.25) is 4.68 Å². The van der Waals surface area contributed by atoms with Crippen LogP contribution >= 0.6 is 0 Å². The maximum Gasteiger partial charge on any atom is 0.101 e. The molecule has 0 radical (unpaired) electrons. The minimum atomic E-state index is -0.323. The highest BCUT2D eigenvalue weighted by molar-refractivity contribution is 5.06. The monoisotopic (exact) mass is 152 g/mol. The van der Waals surface area contributed by atoms with Crippen LogP contribution in [-0.2, 0) is 7.05 Å². The van der Waals surface area contributed by atoms with E-state index in [1.165, 1.54) is 0 Å². The van der Waals surface area contributed by atoms with Crippen molar-refractivity contribution in [2.24, 2.45) is 13.0 Å². The van der Waals surface area contributed by atoms with Gasteiger partial charge in [0.05, 0.1) is 5.69 Å². The molecule has 1 unspecified atom stereocenters. The largest absolute Gasteiger partial charge is 0.386 e. The van der Waals surface area contributed by atoms with Crippen LogP contribution in [0.25, 0.3) is 0 Å². The molecule has 0 spiro atoms. The van der Waals surface area contributed by atoms with Gasteiger partial charge < -0.3 is 5.11 Å². The molecule has 1 aromatic heterocycles. The Morgan fingerprint density at radius 1 is 1.73 bits per heavy atom. The molecule has 11 heavy (non-hydrogen) atoms. The van der Waals surface area contributed by atoms with Crippen LogP contribution in [0.4, 0.5) is 0 Å². The summed E-state index contributed by atoms with van der Waals surface area (Å²) >= 11 is 0. The molecule has 0 bridgehead atoms. The lowest BCUT2D eigenvalue weighted by molar-refractivity contribution is 0.148. The normalized spacial score (nSPS) is 20.2. The van der Waals surface area contributed by atoms with E-state index in [1.807, 2.05) is 19.3 Å². The molecule has 3 heteroatoms. The Balaban J connectivity index is 2.14. The zero-order valence-corrected chi connectivity index (χ0v) is 6.57. The molecule has 0 amide bonds. The molecule has 1 N–H and O–H groups in total. The summed E-state index contributed by atoms with van der Waals surface area (Å²) < 4.78 is 1.72. The van der Waals surface area contributed by atoms with E-state index in [1.54, 1.807) is 4.68 Å². The molecule has 1 aliphatic carbocycles. The van der Waals surface area contributed by atoms with Gasteiger partial charge in [0, 0.05) is 13.2 Å². The predicted octanol–water partition coefficient (Wildman–Crippen LogP) is 0.863. The van der Waals surface area contributed by atoms with Gasteiger partial charge in [0.15, 0.2) is 0 Å². The van der Waals surface area contributed by atoms with Crippen molar-refractivity contribution < 1.29 is 5.11 Å². The molecule has 0 saturated heterocycles. The van der Waals surface area contributed by atoms with Crippen molar-refractivity contribution in [1.82, 2.24) is 9.78 Å². The average Bonchev–Trinajstić information content (AvgIpc) is 2.74. The van der Waals surface area contributed by atoms with E-state index in [-0.39, 0.29) is 6.10 Å². The minimum absolute atomic E-state index is 0.323. The number of rotatable bonds is 2. The molecule has 1 saturated carbocycles. The van der Waals surface area contributed by atoms with Crippen molar-refractivity contribution in [3.8, 4) is 0 Å². The fraction of sp³-hybridized carbons (Fsp3) is 0.625. The zero-order chi connectivity index (χ0) is 7.84. The maximum absolute atomic E-state index is 9.60. The molecule has 2 rings (SSSR count). The van der Waals surface area contributed by atoms with E-state index in [4.69, 9.17) is 0 Å². The van der Waals surface area contributed by atoms with Crippen LogP contribution in [0.5, 0.6) is 0 Å². The van der Waals surface area contributed by atoms with Gasteiger partial charge in [-0.1, -0.05) is 0 Å². The molecule has 1 heterocycles. The van der Waals surface area contributed by atoms with Crippen LogP contribution < -0.4 is 0 Å². The molecule has 1 fully saturated rings. The lowest BCUT2D eigenvalue weighted by atomic mass is 10.2. The topological polar surface area (TPSA) is 38.0 Å². The third kappa shape index (κ3) is 1.28. The maximum atomic E-state index is 9.60. The Bertz CT molecular complexity index is 252. The van der Waals surface area contributed by atoms with Crippen LogP contribution in [0.15, 0.2) is 12.3 Å². The average molecular weight is 152 g/mol. The first kappa shape index (κ1) is 6.85. The smallest absolute Gasteiger partial charge is 0.101 e. The van der Waals surface area contributed by atoms with Crippen LogP contribution in [-0.4, -0.2) is 14.9 Å². The Kier molecular flexibility index (Phi) is 1.46. The molecule has 60 valence electrons. The third-order valence-corrected chi connectivity index (χ3v) is 2.11. The fourth-order valence-corrected chi connectivity index (χ4v) is 1.24. The van der Waals surface area contributed by atoms with Gasteiger partial charge in [0.25, 0.3) is 0 Å². The summed E-state index contributed by atoms with van der Waals surface area (Å²) in [6.45, 7) is 0. The Hall–Kier alpha value is -0.830. The summed E-state index contributed by atoms with van der Waals surface area (Å²) in [5.41, 5.74) is 0.815. The second-order valence-corrected chi connectivity index (χ2v) is 3.20. The first-order chi connectivity index (χ1) is 5.27. The Labute approximate surface area is 65.7 Å². The van der Waals surface area contributed by atoms with Crippen molar-refractivity contribution in [2.45, 2.75) is 18.9 Å². The van der Waals surface area contributed by atoms with Crippen LogP contribution in [0.1, 0.15) is 24.6 Å². The lowest BCUT2D eigenvalue weighted by Crippen LogP contribution is -2.01. The zero-order valence-electron chi connectivity index (χ0n) is 6.57. The molecule has 1 aliphatic rings. The summed E-state index contributed by atoms with van der Waals surface area (Å²) in [6.07, 6.45) is 3.84. The standard InChI is InChI=1S/C8H12N2O/c1-10-5-4-7(9-10)8(11)6-2-3-6/h4-6,8,11H,2-3H2,1H3. The fourth-order valence-electron chi connectivity index (χ4n) is 1.24. The van der Waals surface area contributed by atoms with Crippen molar-refractivity contribution in [2.75, 3.05) is 0 Å². The van der Waals surface area contributed by atoms with Gasteiger partial charge in [-0.2, -0.15) is 5.10 Å². The first-order valence-electron chi connectivity index (χ1n) is 3.95. The van der Waals surface area contributed by atoms with E-state index in [0.29, 0.717) is 5.92 Å². The molecule has 1 aromatic rings. The number of hydrogen-bond acceptors (Lipinski definition) is 2. The summed E-state index contributed by atoms with van der Waals surface area (Å²) in [5, 5.41) is 13.7. The van der Waals surface area contributed by atoms with E-state index >= 15 is 0 Å². The van der Waals surface area contributed by atoms with Crippen LogP contribution in [0, 0.1) is 5.92 Å². The van der Waals surface area contributed by atoms with Gasteiger partial charge in [0.1, 0.15) is 6.10 Å². The minimum Gasteiger partial charge on any atom is -0.386 e. The van der Waals surface area contributed by atoms with Crippen LogP contribution in [0.2, 0.25) is 0 Å². The summed E-state index contributed by atoms with van der Waals surface area (Å²) in [4.78, 5) is 0.